The van der Waals surface area contributed by atoms with Gasteiger partial charge in [-0.05, 0) is 54.7 Å². The van der Waals surface area contributed by atoms with E-state index in [0.717, 1.165) is 27.9 Å². The molecule has 0 spiro atoms. The van der Waals surface area contributed by atoms with Gasteiger partial charge in [0.25, 0.3) is 0 Å². The molecular formula is C29H30F4N2O. The highest BCUT2D eigenvalue weighted by atomic mass is 19.4. The van der Waals surface area contributed by atoms with Crippen LogP contribution >= 0.6 is 0 Å². The molecule has 0 bridgehead atoms. The van der Waals surface area contributed by atoms with Crippen LogP contribution in [0.3, 0.4) is 0 Å². The Balaban J connectivity index is 1.57. The van der Waals surface area contributed by atoms with Crippen LogP contribution in [0.5, 0.6) is 0 Å². The zero-order chi connectivity index (χ0) is 25.5. The highest BCUT2D eigenvalue weighted by Crippen LogP contribution is 2.48. The van der Waals surface area contributed by atoms with Gasteiger partial charge in [0, 0.05) is 36.4 Å². The highest BCUT2D eigenvalue weighted by Gasteiger charge is 2.47. The molecule has 0 saturated carbocycles. The predicted molar refractivity (Wildman–Crippen MR) is 135 cm³/mol. The van der Waals surface area contributed by atoms with Crippen LogP contribution in [0.1, 0.15) is 28.7 Å². The maximum absolute atomic E-state index is 13.9. The number of anilines is 2. The number of fused-ring (bicyclic) bond motifs is 1. The van der Waals surface area contributed by atoms with E-state index in [2.05, 4.69) is 12.1 Å². The number of β-amino-alcohol motifs (C(OH)–C–C–N with tert-alkyl or cyclic N) is 1. The lowest BCUT2D eigenvalue weighted by atomic mass is 9.71. The molecule has 0 radical (unpaired) electrons. The number of hydrogen-bond donors (Lipinski definition) is 1. The van der Waals surface area contributed by atoms with Gasteiger partial charge in [-0.25, -0.2) is 4.39 Å². The molecule has 2 heterocycles. The molecule has 190 valence electrons. The van der Waals surface area contributed by atoms with E-state index in [1.807, 2.05) is 72.5 Å². The smallest absolute Gasteiger partial charge is 0.382 e. The summed E-state index contributed by atoms with van der Waals surface area (Å²) in [6.07, 6.45) is -6.88. The van der Waals surface area contributed by atoms with E-state index < -0.39 is 30.4 Å². The van der Waals surface area contributed by atoms with Crippen LogP contribution < -0.4 is 9.80 Å². The summed E-state index contributed by atoms with van der Waals surface area (Å²) in [4.78, 5) is 3.70. The van der Waals surface area contributed by atoms with E-state index in [-0.39, 0.29) is 0 Å². The van der Waals surface area contributed by atoms with Gasteiger partial charge in [-0.15, -0.1) is 0 Å². The Morgan fingerprint density at radius 1 is 1.03 bits per heavy atom. The molecule has 1 fully saturated rings. The van der Waals surface area contributed by atoms with Crippen molar-refractivity contribution in [1.29, 1.82) is 0 Å². The third-order valence-electron chi connectivity index (χ3n) is 7.48. The van der Waals surface area contributed by atoms with Gasteiger partial charge in [0.15, 0.2) is 6.10 Å². The Kier molecular flexibility index (Phi) is 6.45. The summed E-state index contributed by atoms with van der Waals surface area (Å²) < 4.78 is 53.8. The zero-order valence-corrected chi connectivity index (χ0v) is 20.2. The van der Waals surface area contributed by atoms with Gasteiger partial charge in [0.1, 0.15) is 6.17 Å². The number of para-hydroxylation sites is 1. The van der Waals surface area contributed by atoms with Crippen molar-refractivity contribution in [2.24, 2.45) is 0 Å². The van der Waals surface area contributed by atoms with Crippen molar-refractivity contribution in [1.82, 2.24) is 0 Å². The highest BCUT2D eigenvalue weighted by molar-refractivity contribution is 5.67. The van der Waals surface area contributed by atoms with Gasteiger partial charge in [0.05, 0.1) is 6.54 Å². The molecule has 0 aliphatic carbocycles. The Morgan fingerprint density at radius 2 is 1.81 bits per heavy atom. The quantitative estimate of drug-likeness (QED) is 0.434. The summed E-state index contributed by atoms with van der Waals surface area (Å²) in [6.45, 7) is 2.83. The Bertz CT molecular complexity index is 1230. The molecule has 3 atom stereocenters. The standard InChI is InChI=1S/C29H30F4N2O/c1-20-6-4-8-22(14-20)28(16-21-7-5-9-24(15-21)34-13-12-23(30)17-34)19-35(18-27(36)29(31,32)33)26-11-3-2-10-25(26)28/h2-11,14-15,23,27,36H,12-13,16-19H2,1H3/t23-,27+,28?/m0/s1. The first-order valence-corrected chi connectivity index (χ1v) is 12.3. The summed E-state index contributed by atoms with van der Waals surface area (Å²) in [5, 5.41) is 9.92. The minimum atomic E-state index is -4.69. The molecule has 3 nitrogen and oxygen atoms in total. The molecule has 2 aliphatic rings. The lowest BCUT2D eigenvalue weighted by molar-refractivity contribution is -0.200. The molecular weight excluding hydrogens is 468 g/mol. The lowest BCUT2D eigenvalue weighted by Crippen LogP contribution is -2.44. The monoisotopic (exact) mass is 498 g/mol. The van der Waals surface area contributed by atoms with Gasteiger partial charge in [-0.1, -0.05) is 60.2 Å². The second-order valence-electron chi connectivity index (χ2n) is 10.1. The van der Waals surface area contributed by atoms with Crippen molar-refractivity contribution in [3.8, 4) is 0 Å². The fourth-order valence-corrected chi connectivity index (χ4v) is 5.73. The van der Waals surface area contributed by atoms with Gasteiger partial charge in [-0.3, -0.25) is 0 Å². The zero-order valence-electron chi connectivity index (χ0n) is 20.2. The average molecular weight is 499 g/mol. The van der Waals surface area contributed by atoms with E-state index >= 15 is 0 Å². The molecule has 1 unspecified atom stereocenters. The van der Waals surface area contributed by atoms with E-state index in [4.69, 9.17) is 0 Å². The van der Waals surface area contributed by atoms with Crippen molar-refractivity contribution in [2.75, 3.05) is 36.0 Å². The van der Waals surface area contributed by atoms with E-state index in [1.165, 1.54) is 0 Å². The minimum Gasteiger partial charge on any atom is -0.382 e. The van der Waals surface area contributed by atoms with Crippen molar-refractivity contribution in [3.05, 3.63) is 95.1 Å². The van der Waals surface area contributed by atoms with Crippen LogP contribution in [-0.2, 0) is 11.8 Å². The van der Waals surface area contributed by atoms with Crippen molar-refractivity contribution >= 4 is 11.4 Å². The molecule has 7 heteroatoms. The number of aryl methyl sites for hydroxylation is 1. The maximum atomic E-state index is 13.9. The summed E-state index contributed by atoms with van der Waals surface area (Å²) in [7, 11) is 0. The molecule has 3 aromatic rings. The number of hydrogen-bond acceptors (Lipinski definition) is 3. The van der Waals surface area contributed by atoms with Crippen molar-refractivity contribution < 1.29 is 22.7 Å². The van der Waals surface area contributed by atoms with Crippen molar-refractivity contribution in [2.45, 2.75) is 43.6 Å². The lowest BCUT2D eigenvalue weighted by Gasteiger charge is -2.33. The minimum absolute atomic E-state index is 0.309. The average Bonchev–Trinajstić information content (AvgIpc) is 3.41. The van der Waals surface area contributed by atoms with Crippen LogP contribution in [0, 0.1) is 6.92 Å². The number of nitrogens with zero attached hydrogens (tertiary/aromatic N) is 2. The fraction of sp³-hybridized carbons (Fsp3) is 0.379. The molecule has 3 aromatic carbocycles. The predicted octanol–water partition coefficient (Wildman–Crippen LogP) is 5.82. The number of rotatable bonds is 6. The Morgan fingerprint density at radius 3 is 2.53 bits per heavy atom. The number of benzene rings is 3. The van der Waals surface area contributed by atoms with Crippen LogP contribution in [0.4, 0.5) is 28.9 Å². The van der Waals surface area contributed by atoms with Crippen molar-refractivity contribution in [3.63, 3.8) is 0 Å². The van der Waals surface area contributed by atoms with E-state index in [9.17, 15) is 22.7 Å². The number of halogens is 4. The molecule has 0 amide bonds. The second kappa shape index (κ2) is 9.43. The normalized spacial score (nSPS) is 22.7. The SMILES string of the molecule is Cc1cccc(C2(Cc3cccc(N4CC[C@H](F)C4)c3)CN(C[C@@H](O)C(F)(F)F)c3ccccc32)c1. The number of alkyl halides is 4. The molecule has 1 saturated heterocycles. The molecule has 0 aromatic heterocycles. The Labute approximate surface area is 209 Å². The van der Waals surface area contributed by atoms with Gasteiger partial charge < -0.3 is 14.9 Å². The van der Waals surface area contributed by atoms with Crippen LogP contribution in [-0.4, -0.2) is 49.7 Å². The third-order valence-corrected chi connectivity index (χ3v) is 7.48. The topological polar surface area (TPSA) is 26.7 Å². The van der Waals surface area contributed by atoms with Crippen LogP contribution in [0.25, 0.3) is 0 Å². The van der Waals surface area contributed by atoms with E-state index in [1.54, 1.807) is 4.90 Å². The molecule has 36 heavy (non-hydrogen) atoms. The number of aliphatic hydroxyl groups is 1. The Hall–Kier alpha value is -3.06. The fourth-order valence-electron chi connectivity index (χ4n) is 5.73. The molecule has 2 aliphatic heterocycles. The summed E-state index contributed by atoms with van der Waals surface area (Å²) in [6, 6.07) is 23.7. The molecule has 1 N–H and O–H groups in total. The first kappa shape index (κ1) is 24.6. The third kappa shape index (κ3) is 4.69. The van der Waals surface area contributed by atoms with Crippen LogP contribution in [0.2, 0.25) is 0 Å². The van der Waals surface area contributed by atoms with Crippen LogP contribution in [0.15, 0.2) is 72.8 Å². The largest absolute Gasteiger partial charge is 0.416 e. The second-order valence-corrected chi connectivity index (χ2v) is 10.1. The summed E-state index contributed by atoms with van der Waals surface area (Å²) >= 11 is 0. The summed E-state index contributed by atoms with van der Waals surface area (Å²) in [5.74, 6) is 0. The maximum Gasteiger partial charge on any atom is 0.416 e. The van der Waals surface area contributed by atoms with E-state index in [0.29, 0.717) is 38.2 Å². The number of aliphatic hydroxyl groups excluding tert-OH is 1. The summed E-state index contributed by atoms with van der Waals surface area (Å²) in [5.41, 5.74) is 5.12. The first-order chi connectivity index (χ1) is 17.2. The molecule has 5 rings (SSSR count). The van der Waals surface area contributed by atoms with Gasteiger partial charge >= 0.3 is 6.18 Å². The van der Waals surface area contributed by atoms with Gasteiger partial charge in [0.2, 0.25) is 0 Å². The first-order valence-electron chi connectivity index (χ1n) is 12.3. The van der Waals surface area contributed by atoms with Gasteiger partial charge in [-0.2, -0.15) is 13.2 Å².